The van der Waals surface area contributed by atoms with Crippen LogP contribution in [0.2, 0.25) is 0 Å². The van der Waals surface area contributed by atoms with Gasteiger partial charge in [0.2, 0.25) is 0 Å². The topological polar surface area (TPSA) is 87.2 Å². The first kappa shape index (κ1) is 41.0. The van der Waals surface area contributed by atoms with Gasteiger partial charge >= 0.3 is 0 Å². The largest absolute Gasteiger partial charge is 0.282 e. The second kappa shape index (κ2) is 19.2. The van der Waals surface area contributed by atoms with Crippen LogP contribution in [0, 0.1) is 5.41 Å². The van der Waals surface area contributed by atoms with Gasteiger partial charge in [-0.2, -0.15) is 0 Å². The van der Waals surface area contributed by atoms with Gasteiger partial charge in [-0.05, 0) is 74.3 Å². The smallest absolute Gasteiger partial charge is 0.161 e. The van der Waals surface area contributed by atoms with E-state index >= 15 is 0 Å². The molecule has 0 aliphatic heterocycles. The Hall–Kier alpha value is -9.00. The summed E-state index contributed by atoms with van der Waals surface area (Å²) in [7, 11) is 0. The molecule has 3 aromatic heterocycles. The van der Waals surface area contributed by atoms with Crippen LogP contribution in [-0.2, 0) is 0 Å². The standard InChI is InChI=1S/C60H42N6/c61-59(50-17-9-3-10-18-50)66-60(51-19-11-4-12-20-51)64-39-42-21-23-45(24-22-42)47-25-29-48(30-26-47)53-34-36-56(63-41-53)58-38-54(49-31-27-46(28-32-49)43-13-5-1-6-14-43)37-57(65-58)55-35-33-52(40-62-55)44-15-7-2-8-16-44/h1-41,61H. The Kier molecular flexibility index (Phi) is 11.9. The zero-order valence-corrected chi connectivity index (χ0v) is 35.9. The third-order valence-electron chi connectivity index (χ3n) is 11.4. The van der Waals surface area contributed by atoms with E-state index in [0.29, 0.717) is 5.84 Å². The second-order valence-electron chi connectivity index (χ2n) is 15.8. The fourth-order valence-corrected chi connectivity index (χ4v) is 7.78. The SMILES string of the molecule is N=C(N=C(N=Cc1ccc(-c2ccc(-c3ccc(-c4cc(-c5ccc(-c6ccccc6)cc5)cc(-c5ccc(-c6ccccc6)cn5)n4)nc3)cc2)cc1)c1ccccc1)c1ccccc1. The molecule has 0 unspecified atom stereocenters. The lowest BCUT2D eigenvalue weighted by molar-refractivity contribution is 1.22. The van der Waals surface area contributed by atoms with Gasteiger partial charge in [0.05, 0.1) is 22.8 Å². The van der Waals surface area contributed by atoms with Crippen LogP contribution in [-0.4, -0.2) is 32.8 Å². The first-order chi connectivity index (χ1) is 32.6. The molecule has 0 saturated carbocycles. The van der Waals surface area contributed by atoms with Crippen LogP contribution >= 0.6 is 0 Å². The first-order valence-electron chi connectivity index (χ1n) is 21.8. The highest BCUT2D eigenvalue weighted by atomic mass is 14.9. The lowest BCUT2D eigenvalue weighted by Crippen LogP contribution is -2.04. The Labute approximate surface area is 384 Å². The van der Waals surface area contributed by atoms with Gasteiger partial charge in [0, 0.05) is 40.9 Å². The number of hydrogen-bond acceptors (Lipinski definition) is 4. The van der Waals surface area contributed by atoms with Crippen molar-refractivity contribution in [2.24, 2.45) is 9.98 Å². The van der Waals surface area contributed by atoms with E-state index in [4.69, 9.17) is 25.4 Å². The molecule has 10 aromatic rings. The molecule has 0 atom stereocenters. The zero-order valence-electron chi connectivity index (χ0n) is 35.9. The van der Waals surface area contributed by atoms with Gasteiger partial charge in [-0.15, -0.1) is 0 Å². The summed E-state index contributed by atoms with van der Waals surface area (Å²) in [5, 5.41) is 8.58. The van der Waals surface area contributed by atoms with Crippen LogP contribution in [0.5, 0.6) is 0 Å². The number of aliphatic imine (C=N–C) groups is 2. The number of benzene rings is 7. The van der Waals surface area contributed by atoms with Crippen molar-refractivity contribution in [2.75, 3.05) is 0 Å². The monoisotopic (exact) mass is 846 g/mol. The Morgan fingerprint density at radius 1 is 0.348 bits per heavy atom. The Morgan fingerprint density at radius 3 is 1.17 bits per heavy atom. The number of pyridine rings is 3. The number of rotatable bonds is 10. The van der Waals surface area contributed by atoms with Crippen LogP contribution in [0.25, 0.3) is 78.4 Å². The van der Waals surface area contributed by atoms with E-state index in [1.54, 1.807) is 6.21 Å². The van der Waals surface area contributed by atoms with E-state index in [9.17, 15) is 0 Å². The molecule has 66 heavy (non-hydrogen) atoms. The van der Waals surface area contributed by atoms with E-state index in [1.807, 2.05) is 122 Å². The molecule has 0 amide bonds. The van der Waals surface area contributed by atoms with E-state index in [2.05, 4.69) is 126 Å². The summed E-state index contributed by atoms with van der Waals surface area (Å²) >= 11 is 0. The molecule has 1 N–H and O–H groups in total. The molecule has 0 saturated heterocycles. The average Bonchev–Trinajstić information content (AvgIpc) is 3.41. The molecule has 3 heterocycles. The van der Waals surface area contributed by atoms with Crippen molar-refractivity contribution in [1.82, 2.24) is 15.0 Å². The van der Waals surface area contributed by atoms with Crippen LogP contribution in [0.15, 0.2) is 253 Å². The van der Waals surface area contributed by atoms with Gasteiger partial charge in [-0.25, -0.2) is 15.0 Å². The van der Waals surface area contributed by atoms with Gasteiger partial charge < -0.3 is 0 Å². The molecule has 7 aromatic carbocycles. The summed E-state index contributed by atoms with van der Waals surface area (Å²) in [6.45, 7) is 0. The molecule has 6 heteroatoms. The van der Waals surface area contributed by atoms with Crippen molar-refractivity contribution in [3.63, 3.8) is 0 Å². The summed E-state index contributed by atoms with van der Waals surface area (Å²) in [4.78, 5) is 24.3. The summed E-state index contributed by atoms with van der Waals surface area (Å²) in [6.07, 6.45) is 5.63. The van der Waals surface area contributed by atoms with Crippen molar-refractivity contribution in [1.29, 1.82) is 5.41 Å². The van der Waals surface area contributed by atoms with Crippen LogP contribution < -0.4 is 0 Å². The van der Waals surface area contributed by atoms with Crippen LogP contribution in [0.4, 0.5) is 0 Å². The maximum atomic E-state index is 8.58. The second-order valence-corrected chi connectivity index (χ2v) is 15.8. The summed E-state index contributed by atoms with van der Waals surface area (Å²) < 4.78 is 0. The number of hydrogen-bond donors (Lipinski definition) is 1. The molecule has 0 radical (unpaired) electrons. The average molecular weight is 847 g/mol. The van der Waals surface area contributed by atoms with Crippen LogP contribution in [0.1, 0.15) is 16.7 Å². The van der Waals surface area contributed by atoms with Gasteiger partial charge in [-0.3, -0.25) is 15.4 Å². The summed E-state index contributed by atoms with van der Waals surface area (Å²) in [5.74, 6) is 0.641. The summed E-state index contributed by atoms with van der Waals surface area (Å²) in [6, 6.07) is 78.0. The summed E-state index contributed by atoms with van der Waals surface area (Å²) in [5.41, 5.74) is 16.6. The van der Waals surface area contributed by atoms with E-state index in [-0.39, 0.29) is 5.84 Å². The minimum atomic E-state index is 0.161. The minimum Gasteiger partial charge on any atom is -0.282 e. The highest BCUT2D eigenvalue weighted by molar-refractivity contribution is 6.13. The minimum absolute atomic E-state index is 0.161. The molecule has 0 aliphatic carbocycles. The number of nitrogens with zero attached hydrogens (tertiary/aromatic N) is 5. The van der Waals surface area contributed by atoms with Crippen molar-refractivity contribution in [3.8, 4) is 78.4 Å². The zero-order chi connectivity index (χ0) is 44.5. The van der Waals surface area contributed by atoms with E-state index in [1.165, 1.54) is 11.1 Å². The van der Waals surface area contributed by atoms with Crippen molar-refractivity contribution in [3.05, 3.63) is 260 Å². The van der Waals surface area contributed by atoms with E-state index in [0.717, 1.165) is 84.0 Å². The van der Waals surface area contributed by atoms with Gasteiger partial charge in [0.15, 0.2) is 11.7 Å². The normalized spacial score (nSPS) is 11.4. The number of aromatic nitrogens is 3. The van der Waals surface area contributed by atoms with Crippen molar-refractivity contribution >= 4 is 17.9 Å². The lowest BCUT2D eigenvalue weighted by Gasteiger charge is -2.11. The third kappa shape index (κ3) is 9.49. The van der Waals surface area contributed by atoms with Gasteiger partial charge in [0.25, 0.3) is 0 Å². The lowest BCUT2D eigenvalue weighted by atomic mass is 9.98. The molecule has 0 spiro atoms. The predicted molar refractivity (Wildman–Crippen MR) is 272 cm³/mol. The molecule has 312 valence electrons. The predicted octanol–water partition coefficient (Wildman–Crippen LogP) is 14.4. The molecular formula is C60H42N6. The number of amidine groups is 2. The molecule has 0 fully saturated rings. The maximum absolute atomic E-state index is 8.58. The van der Waals surface area contributed by atoms with Crippen molar-refractivity contribution < 1.29 is 0 Å². The highest BCUT2D eigenvalue weighted by Gasteiger charge is 2.13. The Morgan fingerprint density at radius 2 is 0.712 bits per heavy atom. The van der Waals surface area contributed by atoms with Gasteiger partial charge in [-0.1, -0.05) is 206 Å². The van der Waals surface area contributed by atoms with E-state index < -0.39 is 0 Å². The highest BCUT2D eigenvalue weighted by Crippen LogP contribution is 2.33. The molecule has 0 bridgehead atoms. The fraction of sp³-hybridized carbons (Fsp3) is 0. The molecular weight excluding hydrogens is 805 g/mol. The van der Waals surface area contributed by atoms with Gasteiger partial charge in [0.1, 0.15) is 0 Å². The third-order valence-corrected chi connectivity index (χ3v) is 11.4. The van der Waals surface area contributed by atoms with Crippen molar-refractivity contribution in [2.45, 2.75) is 0 Å². The maximum Gasteiger partial charge on any atom is 0.161 e. The fourth-order valence-electron chi connectivity index (χ4n) is 7.78. The molecule has 6 nitrogen and oxygen atoms in total. The Balaban J connectivity index is 0.881. The molecule has 0 aliphatic rings. The number of nitrogens with one attached hydrogen (secondary N) is 1. The first-order valence-corrected chi connectivity index (χ1v) is 21.8. The molecule has 10 rings (SSSR count). The quantitative estimate of drug-likeness (QED) is 0.110. The Bertz CT molecular complexity index is 3180. The van der Waals surface area contributed by atoms with Crippen LogP contribution in [0.3, 0.4) is 0 Å².